The molecule has 3 aromatic carbocycles. The number of hydrogen-bond donors (Lipinski definition) is 2. The van der Waals surface area contributed by atoms with Gasteiger partial charge < -0.3 is 19.9 Å². The summed E-state index contributed by atoms with van der Waals surface area (Å²) in [5.74, 6) is 0.143. The van der Waals surface area contributed by atoms with Crippen LogP contribution in [-0.4, -0.2) is 23.6 Å². The van der Waals surface area contributed by atoms with Gasteiger partial charge in [-0.15, -0.1) is 0 Å². The number of benzene rings is 3. The zero-order valence-corrected chi connectivity index (χ0v) is 20.1. The van der Waals surface area contributed by atoms with Crippen molar-refractivity contribution in [2.45, 2.75) is 47.1 Å². The molecule has 0 saturated carbocycles. The van der Waals surface area contributed by atoms with Crippen molar-refractivity contribution in [3.05, 3.63) is 88.0 Å². The molecular weight excluding hydrogens is 430 g/mol. The second-order valence-electron chi connectivity index (χ2n) is 8.32. The van der Waals surface area contributed by atoms with Crippen molar-refractivity contribution in [3.63, 3.8) is 0 Å². The number of rotatable bonds is 10. The summed E-state index contributed by atoms with van der Waals surface area (Å²) >= 11 is 0. The smallest absolute Gasteiger partial charge is 0.303 e. The second-order valence-corrected chi connectivity index (χ2v) is 8.32. The third-order valence-corrected chi connectivity index (χ3v) is 5.93. The summed E-state index contributed by atoms with van der Waals surface area (Å²) in [6, 6.07) is 16.9. The van der Waals surface area contributed by atoms with Crippen LogP contribution in [0.2, 0.25) is 0 Å². The van der Waals surface area contributed by atoms with Crippen molar-refractivity contribution in [2.75, 3.05) is 11.9 Å². The van der Waals surface area contributed by atoms with Gasteiger partial charge in [0.15, 0.2) is 0 Å². The average molecular weight is 462 g/mol. The number of carbonyl (C=O) groups is 2. The van der Waals surface area contributed by atoms with Crippen LogP contribution in [0, 0.1) is 27.7 Å². The Morgan fingerprint density at radius 1 is 0.824 bits per heavy atom. The second kappa shape index (κ2) is 11.4. The Labute approximate surface area is 200 Å². The van der Waals surface area contributed by atoms with Crippen molar-refractivity contribution in [2.24, 2.45) is 0 Å². The molecule has 6 nitrogen and oxygen atoms in total. The van der Waals surface area contributed by atoms with Crippen molar-refractivity contribution in [1.29, 1.82) is 0 Å². The molecular formula is C28H31NO5. The molecule has 6 heteroatoms. The topological polar surface area (TPSA) is 84.9 Å². The maximum atomic E-state index is 13.1. The standard InChI is InChI=1S/C28H31NO5/c1-18-9-7-10-19(2)23(18)17-34-25-15-14-22(20(3)21(25)4)28(32)29-24-11-5-6-12-26(24)33-16-8-13-27(30)31/h5-7,9-12,14-15H,8,13,16-17H2,1-4H3,(H,29,32)(H,30,31). The number of hydrogen-bond acceptors (Lipinski definition) is 4. The van der Waals surface area contributed by atoms with E-state index in [4.69, 9.17) is 14.6 Å². The van der Waals surface area contributed by atoms with Crippen LogP contribution in [0.25, 0.3) is 0 Å². The van der Waals surface area contributed by atoms with E-state index in [1.54, 1.807) is 24.3 Å². The zero-order chi connectivity index (χ0) is 24.7. The van der Waals surface area contributed by atoms with E-state index in [1.807, 2.05) is 32.0 Å². The summed E-state index contributed by atoms with van der Waals surface area (Å²) in [6.45, 7) is 8.73. The van der Waals surface area contributed by atoms with Crippen molar-refractivity contribution < 1.29 is 24.2 Å². The van der Waals surface area contributed by atoms with Crippen LogP contribution in [-0.2, 0) is 11.4 Å². The summed E-state index contributed by atoms with van der Waals surface area (Å²) in [6.07, 6.45) is 0.421. The first kappa shape index (κ1) is 24.8. The van der Waals surface area contributed by atoms with Gasteiger partial charge in [-0.2, -0.15) is 0 Å². The molecule has 34 heavy (non-hydrogen) atoms. The van der Waals surface area contributed by atoms with Gasteiger partial charge in [0.05, 0.1) is 12.3 Å². The molecule has 0 heterocycles. The fourth-order valence-corrected chi connectivity index (χ4v) is 3.72. The molecule has 0 bridgehead atoms. The Hall–Kier alpha value is -3.80. The number of anilines is 1. The van der Waals surface area contributed by atoms with Crippen molar-refractivity contribution in [3.8, 4) is 11.5 Å². The summed E-state index contributed by atoms with van der Waals surface area (Å²) in [5.41, 5.74) is 6.39. The maximum Gasteiger partial charge on any atom is 0.303 e. The van der Waals surface area contributed by atoms with E-state index in [0.29, 0.717) is 30.0 Å². The van der Waals surface area contributed by atoms with Gasteiger partial charge in [0.1, 0.15) is 18.1 Å². The number of nitrogens with one attached hydrogen (secondary N) is 1. The van der Waals surface area contributed by atoms with Crippen LogP contribution in [0.5, 0.6) is 11.5 Å². The van der Waals surface area contributed by atoms with E-state index >= 15 is 0 Å². The molecule has 0 radical (unpaired) electrons. The third-order valence-electron chi connectivity index (χ3n) is 5.93. The van der Waals surface area contributed by atoms with E-state index in [9.17, 15) is 9.59 Å². The lowest BCUT2D eigenvalue weighted by atomic mass is 10.0. The van der Waals surface area contributed by atoms with Gasteiger partial charge in [-0.05, 0) is 86.2 Å². The van der Waals surface area contributed by atoms with E-state index in [1.165, 1.54) is 16.7 Å². The largest absolute Gasteiger partial charge is 0.491 e. The number of amides is 1. The lowest BCUT2D eigenvalue weighted by molar-refractivity contribution is -0.137. The predicted octanol–water partition coefficient (Wildman–Crippen LogP) is 6.00. The lowest BCUT2D eigenvalue weighted by Gasteiger charge is -2.17. The zero-order valence-electron chi connectivity index (χ0n) is 20.1. The third kappa shape index (κ3) is 6.16. The monoisotopic (exact) mass is 461 g/mol. The highest BCUT2D eigenvalue weighted by molar-refractivity contribution is 6.06. The molecule has 3 rings (SSSR count). The highest BCUT2D eigenvalue weighted by Crippen LogP contribution is 2.29. The quantitative estimate of drug-likeness (QED) is 0.362. The van der Waals surface area contributed by atoms with Gasteiger partial charge in [0, 0.05) is 12.0 Å². The number of carboxylic acid groups (broad SMARTS) is 1. The number of para-hydroxylation sites is 2. The van der Waals surface area contributed by atoms with E-state index in [0.717, 1.165) is 16.9 Å². The van der Waals surface area contributed by atoms with Crippen LogP contribution >= 0.6 is 0 Å². The minimum absolute atomic E-state index is 0.0326. The van der Waals surface area contributed by atoms with Gasteiger partial charge in [-0.1, -0.05) is 30.3 Å². The fourth-order valence-electron chi connectivity index (χ4n) is 3.72. The molecule has 1 amide bonds. The fraction of sp³-hybridized carbons (Fsp3) is 0.286. The molecule has 0 fully saturated rings. The summed E-state index contributed by atoms with van der Waals surface area (Å²) in [4.78, 5) is 23.7. The van der Waals surface area contributed by atoms with Crippen LogP contribution in [0.4, 0.5) is 5.69 Å². The van der Waals surface area contributed by atoms with E-state index in [-0.39, 0.29) is 18.9 Å². The van der Waals surface area contributed by atoms with Gasteiger partial charge in [0.25, 0.3) is 5.91 Å². The first-order valence-corrected chi connectivity index (χ1v) is 11.3. The van der Waals surface area contributed by atoms with Crippen LogP contribution < -0.4 is 14.8 Å². The molecule has 0 atom stereocenters. The molecule has 0 aliphatic carbocycles. The Morgan fingerprint density at radius 2 is 1.53 bits per heavy atom. The van der Waals surface area contributed by atoms with Crippen molar-refractivity contribution >= 4 is 17.6 Å². The molecule has 0 unspecified atom stereocenters. The predicted molar refractivity (Wildman–Crippen MR) is 133 cm³/mol. The molecule has 0 aromatic heterocycles. The van der Waals surface area contributed by atoms with Gasteiger partial charge in [-0.25, -0.2) is 0 Å². The normalized spacial score (nSPS) is 10.6. The van der Waals surface area contributed by atoms with E-state index in [2.05, 4.69) is 31.3 Å². The molecule has 3 aromatic rings. The molecule has 178 valence electrons. The van der Waals surface area contributed by atoms with Gasteiger partial charge >= 0.3 is 5.97 Å². The van der Waals surface area contributed by atoms with E-state index < -0.39 is 5.97 Å². The first-order valence-electron chi connectivity index (χ1n) is 11.3. The van der Waals surface area contributed by atoms with Crippen LogP contribution in [0.3, 0.4) is 0 Å². The Morgan fingerprint density at radius 3 is 2.24 bits per heavy atom. The molecule has 0 aliphatic rings. The van der Waals surface area contributed by atoms with Crippen molar-refractivity contribution in [1.82, 2.24) is 0 Å². The maximum absolute atomic E-state index is 13.1. The SMILES string of the molecule is Cc1cccc(C)c1COc1ccc(C(=O)Nc2ccccc2OCCCC(=O)O)c(C)c1C. The lowest BCUT2D eigenvalue weighted by Crippen LogP contribution is -2.15. The Kier molecular flexibility index (Phi) is 8.30. The average Bonchev–Trinajstić information content (AvgIpc) is 2.80. The highest BCUT2D eigenvalue weighted by atomic mass is 16.5. The number of aryl methyl sites for hydroxylation is 2. The van der Waals surface area contributed by atoms with Gasteiger partial charge in [-0.3, -0.25) is 9.59 Å². The first-order chi connectivity index (χ1) is 16.3. The minimum atomic E-state index is -0.863. The number of carbonyl (C=O) groups excluding carboxylic acids is 1. The Balaban J connectivity index is 1.70. The minimum Gasteiger partial charge on any atom is -0.491 e. The molecule has 2 N–H and O–H groups in total. The van der Waals surface area contributed by atoms with Crippen LogP contribution in [0.1, 0.15) is 51.0 Å². The number of carboxylic acids is 1. The van der Waals surface area contributed by atoms with Gasteiger partial charge in [0.2, 0.25) is 0 Å². The highest BCUT2D eigenvalue weighted by Gasteiger charge is 2.16. The molecule has 0 saturated heterocycles. The summed E-state index contributed by atoms with van der Waals surface area (Å²) in [5, 5.41) is 11.7. The molecule has 0 aliphatic heterocycles. The Bertz CT molecular complexity index is 1170. The summed E-state index contributed by atoms with van der Waals surface area (Å²) < 4.78 is 11.8. The molecule has 0 spiro atoms. The summed E-state index contributed by atoms with van der Waals surface area (Å²) in [7, 11) is 0. The number of ether oxygens (including phenoxy) is 2. The number of aliphatic carboxylic acids is 1. The van der Waals surface area contributed by atoms with Crippen LogP contribution in [0.15, 0.2) is 54.6 Å².